The van der Waals surface area contributed by atoms with Crippen LogP contribution in [0.1, 0.15) is 16.9 Å². The summed E-state index contributed by atoms with van der Waals surface area (Å²) < 4.78 is 0. The molecule has 120 valence electrons. The van der Waals surface area contributed by atoms with Crippen molar-refractivity contribution in [3.8, 4) is 9.88 Å². The Labute approximate surface area is 149 Å². The Kier molecular flexibility index (Phi) is 8.06. The first-order valence-electron chi connectivity index (χ1n) is 6.49. The lowest BCUT2D eigenvalue weighted by Crippen LogP contribution is -2.29. The van der Waals surface area contributed by atoms with E-state index in [1.54, 1.807) is 11.3 Å². The van der Waals surface area contributed by atoms with Crippen LogP contribution in [-0.4, -0.2) is 30.5 Å². The minimum absolute atomic E-state index is 0. The average Bonchev–Trinajstić information content (AvgIpc) is 3.16. The minimum atomic E-state index is -0.0940. The normalized spacial score (nSPS) is 13.5. The van der Waals surface area contributed by atoms with Gasteiger partial charge in [0.05, 0.1) is 4.88 Å². The Bertz CT molecular complexity index is 626. The number of carbonyl (C=O) groups is 1. The fraction of sp³-hybridized carbons (Fsp3) is 0.286. The summed E-state index contributed by atoms with van der Waals surface area (Å²) in [7, 11) is 0. The zero-order valence-electron chi connectivity index (χ0n) is 11.7. The molecule has 0 radical (unpaired) electrons. The van der Waals surface area contributed by atoms with Gasteiger partial charge in [-0.1, -0.05) is 17.7 Å². The molecule has 0 aliphatic carbocycles. The highest BCUT2D eigenvalue weighted by molar-refractivity contribution is 7.20. The van der Waals surface area contributed by atoms with E-state index in [-0.39, 0.29) is 30.7 Å². The third-order valence-corrected chi connectivity index (χ3v) is 4.98. The summed E-state index contributed by atoms with van der Waals surface area (Å²) in [4.78, 5) is 17.6. The van der Waals surface area contributed by atoms with Crippen LogP contribution in [0.25, 0.3) is 9.88 Å². The van der Waals surface area contributed by atoms with E-state index < -0.39 is 0 Å². The van der Waals surface area contributed by atoms with Gasteiger partial charge in [0.15, 0.2) is 0 Å². The van der Waals surface area contributed by atoms with Crippen molar-refractivity contribution in [2.45, 2.75) is 6.42 Å². The van der Waals surface area contributed by atoms with Crippen LogP contribution < -0.4 is 10.6 Å². The van der Waals surface area contributed by atoms with Gasteiger partial charge in [0.2, 0.25) is 0 Å². The van der Waals surface area contributed by atoms with E-state index in [4.69, 9.17) is 0 Å². The molecule has 1 aliphatic rings. The number of carbonyl (C=O) groups excluding carboxylic acids is 1. The first kappa shape index (κ1) is 19.1. The number of rotatable bonds is 4. The van der Waals surface area contributed by atoms with Crippen molar-refractivity contribution in [2.24, 2.45) is 0 Å². The highest BCUT2D eigenvalue weighted by atomic mass is 35.5. The molecule has 3 heterocycles. The van der Waals surface area contributed by atoms with Gasteiger partial charge in [0, 0.05) is 18.5 Å². The standard InChI is InChI=1S/C14H15N3OS2.2ClH/c18-13(16-8-10-3-5-15-6-4-10)11-9-20-14(17-11)12-2-1-7-19-12;;/h1-3,7,9,15H,4-6,8H2,(H,16,18);2*1H. The Balaban J connectivity index is 0.00000121. The first-order chi connectivity index (χ1) is 9.83. The molecule has 8 heteroatoms. The first-order valence-corrected chi connectivity index (χ1v) is 8.25. The van der Waals surface area contributed by atoms with Crippen LogP contribution in [0.5, 0.6) is 0 Å². The number of aromatic nitrogens is 1. The van der Waals surface area contributed by atoms with Gasteiger partial charge < -0.3 is 10.6 Å². The molecule has 0 spiro atoms. The quantitative estimate of drug-likeness (QED) is 0.803. The number of nitrogens with zero attached hydrogens (tertiary/aromatic N) is 1. The van der Waals surface area contributed by atoms with E-state index in [1.165, 1.54) is 16.9 Å². The van der Waals surface area contributed by atoms with Crippen LogP contribution in [0, 0.1) is 0 Å². The molecule has 22 heavy (non-hydrogen) atoms. The maximum atomic E-state index is 12.1. The zero-order valence-corrected chi connectivity index (χ0v) is 15.0. The number of thiophene rings is 1. The summed E-state index contributed by atoms with van der Waals surface area (Å²) in [5, 5.41) is 10.9. The zero-order chi connectivity index (χ0) is 13.8. The SMILES string of the molecule is Cl.Cl.O=C(NCC1=CCNCC1)c1csc(-c2cccs2)n1. The molecule has 3 rings (SSSR count). The highest BCUT2D eigenvalue weighted by Crippen LogP contribution is 2.27. The fourth-order valence-electron chi connectivity index (χ4n) is 2.01. The third kappa shape index (κ3) is 4.79. The third-order valence-electron chi connectivity index (χ3n) is 3.10. The van der Waals surface area contributed by atoms with Crippen molar-refractivity contribution < 1.29 is 4.79 Å². The summed E-state index contributed by atoms with van der Waals surface area (Å²) in [6, 6.07) is 4.01. The van der Waals surface area contributed by atoms with Crippen LogP contribution in [0.4, 0.5) is 0 Å². The Hall–Kier alpha value is -0.920. The molecule has 0 saturated carbocycles. The average molecular weight is 378 g/mol. The number of amides is 1. The Morgan fingerprint density at radius 2 is 2.23 bits per heavy atom. The van der Waals surface area contributed by atoms with E-state index in [2.05, 4.69) is 21.7 Å². The summed E-state index contributed by atoms with van der Waals surface area (Å²) >= 11 is 3.15. The second-order valence-corrected chi connectivity index (χ2v) is 6.32. The minimum Gasteiger partial charge on any atom is -0.347 e. The van der Waals surface area contributed by atoms with E-state index in [0.29, 0.717) is 12.2 Å². The molecular weight excluding hydrogens is 361 g/mol. The molecule has 2 aromatic heterocycles. The monoisotopic (exact) mass is 377 g/mol. The van der Waals surface area contributed by atoms with Crippen molar-refractivity contribution >= 4 is 53.4 Å². The van der Waals surface area contributed by atoms with Crippen LogP contribution in [0.15, 0.2) is 34.5 Å². The second-order valence-electron chi connectivity index (χ2n) is 4.51. The van der Waals surface area contributed by atoms with Crippen LogP contribution in [0.2, 0.25) is 0 Å². The smallest absolute Gasteiger partial charge is 0.271 e. The van der Waals surface area contributed by atoms with Gasteiger partial charge in [-0.25, -0.2) is 4.98 Å². The van der Waals surface area contributed by atoms with E-state index in [1.807, 2.05) is 22.9 Å². The maximum absolute atomic E-state index is 12.1. The van der Waals surface area contributed by atoms with Crippen molar-refractivity contribution in [1.82, 2.24) is 15.6 Å². The number of nitrogens with one attached hydrogen (secondary N) is 2. The number of halogens is 2. The van der Waals surface area contributed by atoms with Crippen molar-refractivity contribution in [3.05, 3.63) is 40.2 Å². The summed E-state index contributed by atoms with van der Waals surface area (Å²) in [6.45, 7) is 2.50. The molecule has 0 unspecified atom stereocenters. The number of hydrogen-bond donors (Lipinski definition) is 2. The molecule has 1 amide bonds. The molecule has 0 aromatic carbocycles. The molecule has 1 aliphatic heterocycles. The van der Waals surface area contributed by atoms with Gasteiger partial charge >= 0.3 is 0 Å². The van der Waals surface area contributed by atoms with Gasteiger partial charge in [-0.15, -0.1) is 47.5 Å². The molecule has 0 bridgehead atoms. The summed E-state index contributed by atoms with van der Waals surface area (Å²) in [5.74, 6) is -0.0940. The molecule has 2 aromatic rings. The van der Waals surface area contributed by atoms with Gasteiger partial charge in [-0.3, -0.25) is 4.79 Å². The molecule has 0 atom stereocenters. The molecule has 4 nitrogen and oxygen atoms in total. The largest absolute Gasteiger partial charge is 0.347 e. The Morgan fingerprint density at radius 1 is 1.36 bits per heavy atom. The summed E-state index contributed by atoms with van der Waals surface area (Å²) in [6.07, 6.45) is 3.14. The lowest BCUT2D eigenvalue weighted by Gasteiger charge is -2.14. The van der Waals surface area contributed by atoms with Gasteiger partial charge in [-0.05, 0) is 24.4 Å². The lowest BCUT2D eigenvalue weighted by atomic mass is 10.1. The molecule has 2 N–H and O–H groups in total. The number of thiazole rings is 1. The lowest BCUT2D eigenvalue weighted by molar-refractivity contribution is 0.0952. The van der Waals surface area contributed by atoms with Crippen LogP contribution in [0.3, 0.4) is 0 Å². The predicted octanol–water partition coefficient (Wildman–Crippen LogP) is 3.36. The van der Waals surface area contributed by atoms with Crippen LogP contribution >= 0.6 is 47.5 Å². The molecular formula is C14H17Cl2N3OS2. The predicted molar refractivity (Wildman–Crippen MR) is 97.8 cm³/mol. The summed E-state index contributed by atoms with van der Waals surface area (Å²) in [5.41, 5.74) is 1.79. The second kappa shape index (κ2) is 9.27. The van der Waals surface area contributed by atoms with E-state index in [9.17, 15) is 4.79 Å². The van der Waals surface area contributed by atoms with E-state index >= 15 is 0 Å². The van der Waals surface area contributed by atoms with Crippen molar-refractivity contribution in [3.63, 3.8) is 0 Å². The van der Waals surface area contributed by atoms with Crippen molar-refractivity contribution in [1.29, 1.82) is 0 Å². The fourth-order valence-corrected chi connectivity index (χ4v) is 3.62. The van der Waals surface area contributed by atoms with Crippen LogP contribution in [-0.2, 0) is 0 Å². The molecule has 0 saturated heterocycles. The Morgan fingerprint density at radius 3 is 2.91 bits per heavy atom. The topological polar surface area (TPSA) is 54.0 Å². The number of hydrogen-bond acceptors (Lipinski definition) is 5. The van der Waals surface area contributed by atoms with Crippen molar-refractivity contribution in [2.75, 3.05) is 19.6 Å². The molecule has 0 fully saturated rings. The maximum Gasteiger partial charge on any atom is 0.271 e. The highest BCUT2D eigenvalue weighted by Gasteiger charge is 2.13. The van der Waals surface area contributed by atoms with Gasteiger partial charge in [-0.2, -0.15) is 0 Å². The van der Waals surface area contributed by atoms with Gasteiger partial charge in [0.1, 0.15) is 10.7 Å². The van der Waals surface area contributed by atoms with Gasteiger partial charge in [0.25, 0.3) is 5.91 Å². The van der Waals surface area contributed by atoms with E-state index in [0.717, 1.165) is 29.4 Å².